The maximum Gasteiger partial charge on any atom is 0.291 e. The Morgan fingerprint density at radius 1 is 1.12 bits per heavy atom. The van der Waals surface area contributed by atoms with Crippen molar-refractivity contribution in [3.05, 3.63) is 86.6 Å². The van der Waals surface area contributed by atoms with E-state index in [2.05, 4.69) is 47.5 Å². The van der Waals surface area contributed by atoms with Crippen molar-refractivity contribution in [2.24, 2.45) is 5.10 Å². The molecule has 0 aliphatic carbocycles. The highest BCUT2D eigenvalue weighted by Crippen LogP contribution is 2.12. The van der Waals surface area contributed by atoms with Gasteiger partial charge in [-0.25, -0.2) is 5.43 Å². The second-order valence-corrected chi connectivity index (χ2v) is 7.11. The van der Waals surface area contributed by atoms with Gasteiger partial charge in [0.05, 0.1) is 12.8 Å². The summed E-state index contributed by atoms with van der Waals surface area (Å²) in [6.07, 6.45) is 3.36. The zero-order valence-electron chi connectivity index (χ0n) is 13.1. The van der Waals surface area contributed by atoms with Crippen molar-refractivity contribution in [1.29, 1.82) is 0 Å². The fourth-order valence-corrected chi connectivity index (χ4v) is 2.84. The Hall–Kier alpha value is -2.25. The van der Waals surface area contributed by atoms with E-state index in [-0.39, 0.29) is 5.91 Å². The lowest BCUT2D eigenvalue weighted by Gasteiger charge is -2.02. The summed E-state index contributed by atoms with van der Waals surface area (Å²) in [6.45, 7) is 0.599. The lowest BCUT2D eigenvalue weighted by atomic mass is 10.2. The molecule has 0 aliphatic heterocycles. The van der Waals surface area contributed by atoms with E-state index >= 15 is 0 Å². The number of hydrogen-bond acceptors (Lipinski definition) is 3. The van der Waals surface area contributed by atoms with Gasteiger partial charge in [0.2, 0.25) is 0 Å². The van der Waals surface area contributed by atoms with Gasteiger partial charge in [0.25, 0.3) is 5.91 Å². The SMILES string of the molecule is O=C(NN=Cc1cccc(Br)c1)c1ccn(Cc2ccc(Br)cc2)n1. The van der Waals surface area contributed by atoms with Crippen LogP contribution >= 0.6 is 31.9 Å². The standard InChI is InChI=1S/C18H14Br2N4O/c19-15-6-4-13(5-7-15)12-24-9-8-17(23-24)18(25)22-21-11-14-2-1-3-16(20)10-14/h1-11H,12H2,(H,22,25). The molecule has 1 amide bonds. The van der Waals surface area contributed by atoms with Crippen LogP contribution in [0.2, 0.25) is 0 Å². The van der Waals surface area contributed by atoms with Crippen LogP contribution in [0.1, 0.15) is 21.6 Å². The van der Waals surface area contributed by atoms with E-state index in [1.807, 2.05) is 48.5 Å². The molecule has 5 nitrogen and oxygen atoms in total. The summed E-state index contributed by atoms with van der Waals surface area (Å²) in [5.74, 6) is -0.346. The summed E-state index contributed by atoms with van der Waals surface area (Å²) in [4.78, 5) is 12.1. The molecule has 2 aromatic carbocycles. The summed E-state index contributed by atoms with van der Waals surface area (Å²) in [5, 5.41) is 8.24. The highest BCUT2D eigenvalue weighted by Gasteiger charge is 2.08. The number of hydrazone groups is 1. The number of aromatic nitrogens is 2. The van der Waals surface area contributed by atoms with Gasteiger partial charge >= 0.3 is 0 Å². The molecule has 126 valence electrons. The monoisotopic (exact) mass is 460 g/mol. The van der Waals surface area contributed by atoms with Crippen LogP contribution < -0.4 is 5.43 Å². The molecule has 1 heterocycles. The fourth-order valence-electron chi connectivity index (χ4n) is 2.16. The minimum Gasteiger partial charge on any atom is -0.268 e. The fraction of sp³-hybridized carbons (Fsp3) is 0.0556. The normalized spacial score (nSPS) is 11.0. The van der Waals surface area contributed by atoms with Crippen LogP contribution in [0.3, 0.4) is 0 Å². The molecule has 1 N–H and O–H groups in total. The van der Waals surface area contributed by atoms with Crippen molar-refractivity contribution in [2.45, 2.75) is 6.54 Å². The number of hydrogen-bond donors (Lipinski definition) is 1. The lowest BCUT2D eigenvalue weighted by Crippen LogP contribution is -2.18. The first kappa shape index (κ1) is 17.6. The van der Waals surface area contributed by atoms with Crippen molar-refractivity contribution in [3.63, 3.8) is 0 Å². The summed E-state index contributed by atoms with van der Waals surface area (Å²) < 4.78 is 3.70. The molecule has 0 fully saturated rings. The van der Waals surface area contributed by atoms with Crippen molar-refractivity contribution in [3.8, 4) is 0 Å². The van der Waals surface area contributed by atoms with Crippen molar-refractivity contribution in [2.75, 3.05) is 0 Å². The first-order valence-corrected chi connectivity index (χ1v) is 9.05. The van der Waals surface area contributed by atoms with Crippen LogP contribution in [0, 0.1) is 0 Å². The van der Waals surface area contributed by atoms with Gasteiger partial charge in [-0.1, -0.05) is 56.1 Å². The molecule has 7 heteroatoms. The molecule has 0 spiro atoms. The van der Waals surface area contributed by atoms with Gasteiger partial charge in [0, 0.05) is 15.1 Å². The Balaban J connectivity index is 1.59. The highest BCUT2D eigenvalue weighted by atomic mass is 79.9. The van der Waals surface area contributed by atoms with Crippen molar-refractivity contribution >= 4 is 44.0 Å². The number of amides is 1. The van der Waals surface area contributed by atoms with Crippen LogP contribution in [0.4, 0.5) is 0 Å². The van der Waals surface area contributed by atoms with E-state index in [4.69, 9.17) is 0 Å². The third-order valence-electron chi connectivity index (χ3n) is 3.36. The molecule has 0 atom stereocenters. The van der Waals surface area contributed by atoms with E-state index in [1.54, 1.807) is 23.2 Å². The Bertz CT molecular complexity index is 903. The second kappa shape index (κ2) is 8.22. The van der Waals surface area contributed by atoms with Crippen LogP contribution in [0.15, 0.2) is 74.8 Å². The van der Waals surface area contributed by atoms with Gasteiger partial charge < -0.3 is 0 Å². The van der Waals surface area contributed by atoms with Crippen LogP contribution in [-0.4, -0.2) is 21.9 Å². The average Bonchev–Trinajstić information content (AvgIpc) is 3.06. The van der Waals surface area contributed by atoms with E-state index in [0.29, 0.717) is 12.2 Å². The van der Waals surface area contributed by atoms with Crippen LogP contribution in [0.25, 0.3) is 0 Å². The van der Waals surface area contributed by atoms with Crippen molar-refractivity contribution in [1.82, 2.24) is 15.2 Å². The zero-order valence-corrected chi connectivity index (χ0v) is 16.2. The minimum absolute atomic E-state index is 0.323. The third-order valence-corrected chi connectivity index (χ3v) is 4.38. The first-order valence-electron chi connectivity index (χ1n) is 7.47. The molecule has 3 rings (SSSR count). The second-order valence-electron chi connectivity index (χ2n) is 5.28. The largest absolute Gasteiger partial charge is 0.291 e. The van der Waals surface area contributed by atoms with E-state index in [0.717, 1.165) is 20.1 Å². The van der Waals surface area contributed by atoms with Gasteiger partial charge in [0.15, 0.2) is 5.69 Å². The number of benzene rings is 2. The van der Waals surface area contributed by atoms with Crippen LogP contribution in [-0.2, 0) is 6.54 Å². The molecule has 0 unspecified atom stereocenters. The molecule has 25 heavy (non-hydrogen) atoms. The molecule has 0 saturated heterocycles. The van der Waals surface area contributed by atoms with Gasteiger partial charge in [-0.05, 0) is 41.5 Å². The summed E-state index contributed by atoms with van der Waals surface area (Å²) in [5.41, 5.74) is 4.79. The summed E-state index contributed by atoms with van der Waals surface area (Å²) in [6, 6.07) is 17.3. The zero-order chi connectivity index (χ0) is 17.6. The predicted molar refractivity (Wildman–Crippen MR) is 105 cm³/mol. The third kappa shape index (κ3) is 5.11. The number of rotatable bonds is 5. The smallest absolute Gasteiger partial charge is 0.268 e. The molecule has 0 aliphatic rings. The average molecular weight is 462 g/mol. The molecule has 0 saturated carbocycles. The minimum atomic E-state index is -0.346. The number of nitrogens with zero attached hydrogens (tertiary/aromatic N) is 3. The highest BCUT2D eigenvalue weighted by molar-refractivity contribution is 9.10. The summed E-state index contributed by atoms with van der Waals surface area (Å²) >= 11 is 6.80. The maximum absolute atomic E-state index is 12.1. The molecular weight excluding hydrogens is 448 g/mol. The molecule has 0 bridgehead atoms. The Labute approximate surface area is 162 Å². The van der Waals surface area contributed by atoms with Gasteiger partial charge in [-0.2, -0.15) is 10.2 Å². The van der Waals surface area contributed by atoms with Crippen LogP contribution in [0.5, 0.6) is 0 Å². The number of carbonyl (C=O) groups excluding carboxylic acids is 1. The quantitative estimate of drug-likeness (QED) is 0.456. The predicted octanol–water partition coefficient (Wildman–Crippen LogP) is 4.22. The lowest BCUT2D eigenvalue weighted by molar-refractivity contribution is 0.0949. The Morgan fingerprint density at radius 2 is 1.92 bits per heavy atom. The van der Waals surface area contributed by atoms with E-state index in [1.165, 1.54) is 0 Å². The Morgan fingerprint density at radius 3 is 2.68 bits per heavy atom. The topological polar surface area (TPSA) is 59.3 Å². The number of halogens is 2. The van der Waals surface area contributed by atoms with Gasteiger partial charge in [0.1, 0.15) is 0 Å². The first-order chi connectivity index (χ1) is 12.1. The maximum atomic E-state index is 12.1. The molecule has 0 radical (unpaired) electrons. The van der Waals surface area contributed by atoms with E-state index in [9.17, 15) is 4.79 Å². The number of nitrogens with one attached hydrogen (secondary N) is 1. The Kier molecular flexibility index (Phi) is 5.78. The van der Waals surface area contributed by atoms with Gasteiger partial charge in [-0.3, -0.25) is 9.48 Å². The molecule has 1 aromatic heterocycles. The molecular formula is C18H14Br2N4O. The van der Waals surface area contributed by atoms with E-state index < -0.39 is 0 Å². The van der Waals surface area contributed by atoms with Gasteiger partial charge in [-0.15, -0.1) is 0 Å². The molecule has 3 aromatic rings. The van der Waals surface area contributed by atoms with Crippen molar-refractivity contribution < 1.29 is 4.79 Å². The number of carbonyl (C=O) groups is 1. The summed E-state index contributed by atoms with van der Waals surface area (Å²) in [7, 11) is 0.